The largest absolute Gasteiger partial charge is 0.444 e. The number of ether oxygens (including phenoxy) is 2. The first-order valence-electron chi connectivity index (χ1n) is 8.55. The Morgan fingerprint density at radius 1 is 1.43 bits per heavy atom. The maximum Gasteiger partial charge on any atom is 0.410 e. The van der Waals surface area contributed by atoms with Crippen LogP contribution >= 0.6 is 11.8 Å². The minimum Gasteiger partial charge on any atom is -0.444 e. The smallest absolute Gasteiger partial charge is 0.410 e. The first-order valence-corrected chi connectivity index (χ1v) is 9.70. The Labute approximate surface area is 144 Å². The molecule has 1 N–H and O–H groups in total. The van der Waals surface area contributed by atoms with E-state index in [-0.39, 0.29) is 12.1 Å². The molecule has 0 spiro atoms. The van der Waals surface area contributed by atoms with Gasteiger partial charge in [0.05, 0.1) is 19.3 Å². The van der Waals surface area contributed by atoms with E-state index < -0.39 is 5.60 Å². The second-order valence-corrected chi connectivity index (χ2v) is 9.42. The number of hydrogen-bond acceptors (Lipinski definition) is 5. The number of carbonyl (C=O) groups excluding carboxylic acids is 1. The van der Waals surface area contributed by atoms with Crippen LogP contribution < -0.4 is 5.32 Å². The van der Waals surface area contributed by atoms with E-state index in [4.69, 9.17) is 9.47 Å². The summed E-state index contributed by atoms with van der Waals surface area (Å²) in [6.45, 7) is 12.9. The van der Waals surface area contributed by atoms with Crippen LogP contribution in [0.5, 0.6) is 0 Å². The number of nitrogens with zero attached hydrogens (tertiary/aromatic N) is 1. The van der Waals surface area contributed by atoms with E-state index in [9.17, 15) is 4.79 Å². The van der Waals surface area contributed by atoms with Crippen LogP contribution in [0.4, 0.5) is 4.79 Å². The highest BCUT2D eigenvalue weighted by atomic mass is 32.2. The van der Waals surface area contributed by atoms with Crippen molar-refractivity contribution >= 4 is 17.9 Å². The topological polar surface area (TPSA) is 50.8 Å². The lowest BCUT2D eigenvalue weighted by atomic mass is 9.88. The lowest BCUT2D eigenvalue weighted by molar-refractivity contribution is -0.0323. The molecule has 2 atom stereocenters. The van der Waals surface area contributed by atoms with Crippen LogP contribution in [-0.2, 0) is 9.47 Å². The summed E-state index contributed by atoms with van der Waals surface area (Å²) < 4.78 is 11.1. The first-order chi connectivity index (χ1) is 10.7. The van der Waals surface area contributed by atoms with Crippen molar-refractivity contribution in [1.82, 2.24) is 10.2 Å². The number of rotatable bonds is 3. The minimum atomic E-state index is -0.461. The summed E-state index contributed by atoms with van der Waals surface area (Å²) in [7, 11) is 0. The molecule has 2 rings (SSSR count). The molecule has 2 aliphatic heterocycles. The van der Waals surface area contributed by atoms with Gasteiger partial charge < -0.3 is 14.8 Å². The third-order valence-electron chi connectivity index (χ3n) is 4.11. The summed E-state index contributed by atoms with van der Waals surface area (Å²) in [5.41, 5.74) is -0.0775. The lowest BCUT2D eigenvalue weighted by Gasteiger charge is -2.39. The Hall–Kier alpha value is -0.460. The minimum absolute atomic E-state index is 0.0497. The Balaban J connectivity index is 1.87. The van der Waals surface area contributed by atoms with E-state index in [0.29, 0.717) is 31.2 Å². The van der Waals surface area contributed by atoms with Crippen molar-refractivity contribution in [2.45, 2.75) is 58.7 Å². The molecule has 6 heteroatoms. The summed E-state index contributed by atoms with van der Waals surface area (Å²) >= 11 is 2.01. The van der Waals surface area contributed by atoms with E-state index in [1.54, 1.807) is 0 Å². The molecule has 0 aromatic carbocycles. The summed E-state index contributed by atoms with van der Waals surface area (Å²) in [6, 6.07) is 0.555. The number of amides is 1. The molecule has 2 unspecified atom stereocenters. The van der Waals surface area contributed by atoms with Crippen LogP contribution in [-0.4, -0.2) is 66.5 Å². The van der Waals surface area contributed by atoms with Gasteiger partial charge in [-0.15, -0.1) is 0 Å². The van der Waals surface area contributed by atoms with Gasteiger partial charge in [-0.25, -0.2) is 4.79 Å². The fourth-order valence-corrected chi connectivity index (χ4v) is 4.39. The van der Waals surface area contributed by atoms with Crippen LogP contribution in [0.25, 0.3) is 0 Å². The molecular formula is C17H32N2O3S. The van der Waals surface area contributed by atoms with Gasteiger partial charge in [0.2, 0.25) is 0 Å². The summed E-state index contributed by atoms with van der Waals surface area (Å²) in [5.74, 6) is 2.37. The van der Waals surface area contributed by atoms with Gasteiger partial charge in [0, 0.05) is 24.9 Å². The van der Waals surface area contributed by atoms with Crippen LogP contribution in [0.3, 0.4) is 0 Å². The lowest BCUT2D eigenvalue weighted by Crippen LogP contribution is -2.55. The molecule has 2 fully saturated rings. The van der Waals surface area contributed by atoms with Crippen molar-refractivity contribution in [3.8, 4) is 0 Å². The third-order valence-corrected chi connectivity index (χ3v) is 5.73. The summed E-state index contributed by atoms with van der Waals surface area (Å²) in [5, 5.41) is 3.64. The predicted octanol–water partition coefficient (Wildman–Crippen LogP) is 2.74. The number of carbonyl (C=O) groups is 1. The molecule has 0 bridgehead atoms. The number of thioether (sulfide) groups is 1. The Kier molecular flexibility index (Phi) is 6.25. The average molecular weight is 345 g/mol. The second-order valence-electron chi connectivity index (χ2n) is 8.39. The molecular weight excluding hydrogens is 312 g/mol. The standard InChI is InChI=1S/C17H32N2O3S/c1-16(2,3)22-15(20)19-6-7-21-10-14(19)9-18-13-8-17(4,5)12-23-11-13/h13-14,18H,6-12H2,1-5H3. The number of nitrogens with one attached hydrogen (secondary N) is 1. The Morgan fingerprint density at radius 3 is 2.83 bits per heavy atom. The molecule has 0 radical (unpaired) electrons. The highest BCUT2D eigenvalue weighted by molar-refractivity contribution is 7.99. The van der Waals surface area contributed by atoms with E-state index in [1.165, 1.54) is 12.2 Å². The van der Waals surface area contributed by atoms with Crippen molar-refractivity contribution in [2.75, 3.05) is 37.8 Å². The van der Waals surface area contributed by atoms with E-state index >= 15 is 0 Å². The third kappa shape index (κ3) is 6.16. The van der Waals surface area contributed by atoms with Gasteiger partial charge in [-0.3, -0.25) is 4.90 Å². The van der Waals surface area contributed by atoms with Crippen molar-refractivity contribution < 1.29 is 14.3 Å². The fourth-order valence-electron chi connectivity index (χ4n) is 3.08. The molecule has 5 nitrogen and oxygen atoms in total. The molecule has 0 saturated carbocycles. The molecule has 23 heavy (non-hydrogen) atoms. The van der Waals surface area contributed by atoms with Gasteiger partial charge in [0.15, 0.2) is 0 Å². The van der Waals surface area contributed by atoms with E-state index in [2.05, 4.69) is 19.2 Å². The zero-order valence-corrected chi connectivity index (χ0v) is 16.0. The molecule has 2 saturated heterocycles. The highest BCUT2D eigenvalue weighted by Crippen LogP contribution is 2.33. The average Bonchev–Trinajstić information content (AvgIpc) is 2.42. The highest BCUT2D eigenvalue weighted by Gasteiger charge is 2.33. The van der Waals surface area contributed by atoms with Crippen LogP contribution in [0.2, 0.25) is 0 Å². The number of morpholine rings is 1. The zero-order chi connectivity index (χ0) is 17.1. The first kappa shape index (κ1) is 18.9. The fraction of sp³-hybridized carbons (Fsp3) is 0.941. The van der Waals surface area contributed by atoms with Crippen molar-refractivity contribution in [1.29, 1.82) is 0 Å². The van der Waals surface area contributed by atoms with E-state index in [0.717, 1.165) is 12.3 Å². The molecule has 0 aromatic heterocycles. The summed E-state index contributed by atoms with van der Waals surface area (Å²) in [6.07, 6.45) is 0.950. The van der Waals surface area contributed by atoms with Crippen LogP contribution in [0.15, 0.2) is 0 Å². The SMILES string of the molecule is CC1(C)CSCC(NCC2COCCN2C(=O)OC(C)(C)C)C1. The Bertz CT molecular complexity index is 409. The summed E-state index contributed by atoms with van der Waals surface area (Å²) in [4.78, 5) is 14.2. The monoisotopic (exact) mass is 344 g/mol. The van der Waals surface area contributed by atoms with Crippen molar-refractivity contribution in [3.63, 3.8) is 0 Å². The normalized spacial score (nSPS) is 28.5. The van der Waals surface area contributed by atoms with E-state index in [1.807, 2.05) is 37.4 Å². The molecule has 1 amide bonds. The van der Waals surface area contributed by atoms with Gasteiger partial charge in [-0.1, -0.05) is 13.8 Å². The van der Waals surface area contributed by atoms with Crippen LogP contribution in [0, 0.1) is 5.41 Å². The van der Waals surface area contributed by atoms with Gasteiger partial charge in [0.1, 0.15) is 5.60 Å². The molecule has 134 valence electrons. The van der Waals surface area contributed by atoms with Gasteiger partial charge in [-0.2, -0.15) is 11.8 Å². The predicted molar refractivity (Wildman–Crippen MR) is 95.1 cm³/mol. The molecule has 2 heterocycles. The quantitative estimate of drug-likeness (QED) is 0.853. The number of hydrogen-bond donors (Lipinski definition) is 1. The Morgan fingerprint density at radius 2 is 2.17 bits per heavy atom. The second kappa shape index (κ2) is 7.62. The molecule has 2 aliphatic rings. The van der Waals surface area contributed by atoms with Gasteiger partial charge >= 0.3 is 6.09 Å². The maximum absolute atomic E-state index is 12.4. The molecule has 0 aromatic rings. The van der Waals surface area contributed by atoms with Crippen molar-refractivity contribution in [2.24, 2.45) is 5.41 Å². The zero-order valence-electron chi connectivity index (χ0n) is 15.2. The molecule has 0 aliphatic carbocycles. The van der Waals surface area contributed by atoms with Crippen molar-refractivity contribution in [3.05, 3.63) is 0 Å². The van der Waals surface area contributed by atoms with Crippen LogP contribution in [0.1, 0.15) is 41.0 Å². The van der Waals surface area contributed by atoms with Gasteiger partial charge in [0.25, 0.3) is 0 Å². The maximum atomic E-state index is 12.4. The van der Waals surface area contributed by atoms with Gasteiger partial charge in [-0.05, 0) is 38.4 Å².